The van der Waals surface area contributed by atoms with Crippen molar-refractivity contribution in [1.82, 2.24) is 14.5 Å². The Balaban J connectivity index is 2.33. The van der Waals surface area contributed by atoms with Gasteiger partial charge in [0.1, 0.15) is 11.4 Å². The number of aryl methyl sites for hydroxylation is 1. The average Bonchev–Trinajstić information content (AvgIpc) is 2.78. The van der Waals surface area contributed by atoms with E-state index in [1.807, 2.05) is 36.0 Å². The second-order valence-corrected chi connectivity index (χ2v) is 4.71. The monoisotopic (exact) mass is 291 g/mol. The summed E-state index contributed by atoms with van der Waals surface area (Å²) in [6.07, 6.45) is 2.88. The van der Waals surface area contributed by atoms with E-state index < -0.39 is 5.82 Å². The molecule has 3 aromatic rings. The number of aromatic nitrogens is 3. The van der Waals surface area contributed by atoms with Gasteiger partial charge < -0.3 is 9.30 Å². The molecule has 0 N–H and O–H groups in total. The normalized spacial score (nSPS) is 11.0. The van der Waals surface area contributed by atoms with Gasteiger partial charge in [0.05, 0.1) is 13.3 Å². The molecule has 0 radical (unpaired) electrons. The van der Waals surface area contributed by atoms with Gasteiger partial charge in [-0.25, -0.2) is 14.4 Å². The van der Waals surface area contributed by atoms with Crippen molar-refractivity contribution in [2.75, 3.05) is 7.11 Å². The quantitative estimate of drug-likeness (QED) is 0.679. The Morgan fingerprint density at radius 2 is 2.15 bits per heavy atom. The van der Waals surface area contributed by atoms with Crippen molar-refractivity contribution in [2.45, 2.75) is 0 Å². The Labute approximate surface area is 119 Å². The Morgan fingerprint density at radius 1 is 1.35 bits per heavy atom. The van der Waals surface area contributed by atoms with Crippen molar-refractivity contribution in [3.63, 3.8) is 0 Å². The SMILES string of the molecule is COc1ccc2c(c1)c(-c1nc(Cl)ncc1F)cn2C. The summed E-state index contributed by atoms with van der Waals surface area (Å²) in [6, 6.07) is 5.62. The van der Waals surface area contributed by atoms with Crippen LogP contribution in [0.2, 0.25) is 5.28 Å². The molecule has 0 unspecified atom stereocenters. The molecule has 20 heavy (non-hydrogen) atoms. The molecule has 3 rings (SSSR count). The lowest BCUT2D eigenvalue weighted by Crippen LogP contribution is -1.92. The zero-order valence-corrected chi connectivity index (χ0v) is 11.6. The van der Waals surface area contributed by atoms with Crippen LogP contribution in [0.25, 0.3) is 22.2 Å². The number of hydrogen-bond donors (Lipinski definition) is 0. The Bertz CT molecular complexity index is 800. The lowest BCUT2D eigenvalue weighted by atomic mass is 10.1. The molecule has 4 nitrogen and oxygen atoms in total. The van der Waals surface area contributed by atoms with Crippen LogP contribution < -0.4 is 4.74 Å². The largest absolute Gasteiger partial charge is 0.497 e. The fraction of sp³-hybridized carbons (Fsp3) is 0.143. The van der Waals surface area contributed by atoms with E-state index in [1.165, 1.54) is 0 Å². The summed E-state index contributed by atoms with van der Waals surface area (Å²) in [5.41, 5.74) is 1.79. The summed E-state index contributed by atoms with van der Waals surface area (Å²) in [7, 11) is 3.48. The summed E-state index contributed by atoms with van der Waals surface area (Å²) in [6.45, 7) is 0. The van der Waals surface area contributed by atoms with E-state index in [2.05, 4.69) is 9.97 Å². The van der Waals surface area contributed by atoms with Gasteiger partial charge in [-0.2, -0.15) is 0 Å². The van der Waals surface area contributed by atoms with Crippen LogP contribution in [-0.2, 0) is 7.05 Å². The number of hydrogen-bond acceptors (Lipinski definition) is 3. The zero-order chi connectivity index (χ0) is 14.3. The van der Waals surface area contributed by atoms with Gasteiger partial charge in [0.15, 0.2) is 5.82 Å². The van der Waals surface area contributed by atoms with Gasteiger partial charge in [-0.1, -0.05) is 0 Å². The highest BCUT2D eigenvalue weighted by atomic mass is 35.5. The first-order valence-corrected chi connectivity index (χ1v) is 6.29. The molecule has 0 saturated heterocycles. The zero-order valence-electron chi connectivity index (χ0n) is 10.9. The molecular weight excluding hydrogens is 281 g/mol. The van der Waals surface area contributed by atoms with E-state index in [9.17, 15) is 4.39 Å². The van der Waals surface area contributed by atoms with Crippen LogP contribution in [0, 0.1) is 5.82 Å². The molecule has 0 spiro atoms. The van der Waals surface area contributed by atoms with Gasteiger partial charge >= 0.3 is 0 Å². The molecule has 0 bridgehead atoms. The highest BCUT2D eigenvalue weighted by Crippen LogP contribution is 2.33. The molecule has 2 heterocycles. The topological polar surface area (TPSA) is 39.9 Å². The van der Waals surface area contributed by atoms with Crippen LogP contribution in [0.1, 0.15) is 0 Å². The van der Waals surface area contributed by atoms with Crippen molar-refractivity contribution in [3.8, 4) is 17.0 Å². The number of methoxy groups -OCH3 is 1. The number of benzene rings is 1. The van der Waals surface area contributed by atoms with Crippen molar-refractivity contribution in [2.24, 2.45) is 7.05 Å². The van der Waals surface area contributed by atoms with Crippen molar-refractivity contribution in [3.05, 3.63) is 41.7 Å². The molecule has 0 aliphatic heterocycles. The summed E-state index contributed by atoms with van der Waals surface area (Å²) >= 11 is 5.76. The molecule has 6 heteroatoms. The predicted octanol–water partition coefficient (Wildman–Crippen LogP) is 3.44. The highest BCUT2D eigenvalue weighted by Gasteiger charge is 2.15. The first kappa shape index (κ1) is 12.9. The second-order valence-electron chi connectivity index (χ2n) is 4.37. The lowest BCUT2D eigenvalue weighted by molar-refractivity contribution is 0.415. The predicted molar refractivity (Wildman–Crippen MR) is 75.5 cm³/mol. The van der Waals surface area contributed by atoms with Crippen molar-refractivity contribution in [1.29, 1.82) is 0 Å². The van der Waals surface area contributed by atoms with Crippen molar-refractivity contribution >= 4 is 22.5 Å². The van der Waals surface area contributed by atoms with Crippen LogP contribution in [0.5, 0.6) is 5.75 Å². The van der Waals surface area contributed by atoms with Crippen LogP contribution in [0.3, 0.4) is 0 Å². The summed E-state index contributed by atoms with van der Waals surface area (Å²) < 4.78 is 21.1. The number of halogens is 2. The Morgan fingerprint density at radius 3 is 2.90 bits per heavy atom. The molecule has 0 saturated carbocycles. The molecule has 0 amide bonds. The maximum atomic E-state index is 14.0. The van der Waals surface area contributed by atoms with E-state index >= 15 is 0 Å². The highest BCUT2D eigenvalue weighted by molar-refractivity contribution is 6.28. The molecule has 0 aliphatic rings. The number of fused-ring (bicyclic) bond motifs is 1. The molecule has 1 aromatic carbocycles. The van der Waals surface area contributed by atoms with E-state index in [4.69, 9.17) is 16.3 Å². The van der Waals surface area contributed by atoms with Gasteiger partial charge in [0, 0.05) is 29.7 Å². The summed E-state index contributed by atoms with van der Waals surface area (Å²) in [4.78, 5) is 7.62. The second kappa shape index (κ2) is 4.76. The fourth-order valence-electron chi connectivity index (χ4n) is 2.22. The van der Waals surface area contributed by atoms with Crippen molar-refractivity contribution < 1.29 is 9.13 Å². The fourth-order valence-corrected chi connectivity index (χ4v) is 2.35. The molecule has 0 fully saturated rings. The summed E-state index contributed by atoms with van der Waals surface area (Å²) in [5, 5.41) is 0.863. The first-order valence-electron chi connectivity index (χ1n) is 5.91. The van der Waals surface area contributed by atoms with E-state index in [1.54, 1.807) is 7.11 Å². The van der Waals surface area contributed by atoms with Gasteiger partial charge in [0.2, 0.25) is 5.28 Å². The number of ether oxygens (including phenoxy) is 1. The van der Waals surface area contributed by atoms with E-state index in [-0.39, 0.29) is 11.0 Å². The minimum absolute atomic E-state index is 0.0151. The molecule has 2 aromatic heterocycles. The maximum absolute atomic E-state index is 14.0. The van der Waals surface area contributed by atoms with Gasteiger partial charge in [-0.15, -0.1) is 0 Å². The van der Waals surface area contributed by atoms with E-state index in [0.29, 0.717) is 11.3 Å². The van der Waals surface area contributed by atoms with Crippen LogP contribution >= 0.6 is 11.6 Å². The summed E-state index contributed by atoms with van der Waals surface area (Å²) in [5.74, 6) is 0.190. The average molecular weight is 292 g/mol. The van der Waals surface area contributed by atoms with Crippen LogP contribution in [-0.4, -0.2) is 21.6 Å². The van der Waals surface area contributed by atoms with Gasteiger partial charge in [-0.3, -0.25) is 0 Å². The van der Waals surface area contributed by atoms with Crippen LogP contribution in [0.4, 0.5) is 4.39 Å². The smallest absolute Gasteiger partial charge is 0.223 e. The Kier molecular flexibility index (Phi) is 3.06. The number of nitrogens with zero attached hydrogens (tertiary/aromatic N) is 3. The molecule has 0 atom stereocenters. The minimum atomic E-state index is -0.510. The maximum Gasteiger partial charge on any atom is 0.223 e. The molecule has 0 aliphatic carbocycles. The third-order valence-electron chi connectivity index (χ3n) is 3.17. The Hall–Kier alpha value is -2.14. The van der Waals surface area contributed by atoms with E-state index in [0.717, 1.165) is 17.1 Å². The third kappa shape index (κ3) is 2.00. The lowest BCUT2D eigenvalue weighted by Gasteiger charge is -2.03. The van der Waals surface area contributed by atoms with Gasteiger partial charge in [-0.05, 0) is 29.8 Å². The third-order valence-corrected chi connectivity index (χ3v) is 3.35. The van der Waals surface area contributed by atoms with Gasteiger partial charge in [0.25, 0.3) is 0 Å². The first-order chi connectivity index (χ1) is 9.60. The standard InChI is InChI=1S/C14H11ClFN3O/c1-19-7-10(13-11(16)6-17-14(15)18-13)9-5-8(20-2)3-4-12(9)19/h3-7H,1-2H3. The minimum Gasteiger partial charge on any atom is -0.497 e. The molecule has 102 valence electrons. The molecular formula is C14H11ClFN3O. The number of rotatable bonds is 2. The van der Waals surface area contributed by atoms with Crippen LogP contribution in [0.15, 0.2) is 30.6 Å².